The molecule has 1 unspecified atom stereocenters. The lowest BCUT2D eigenvalue weighted by atomic mass is 10.0. The van der Waals surface area contributed by atoms with Crippen LogP contribution in [-0.4, -0.2) is 11.1 Å². The van der Waals surface area contributed by atoms with E-state index in [-0.39, 0.29) is 6.16 Å². The third kappa shape index (κ3) is 13.5. The van der Waals surface area contributed by atoms with E-state index in [0.717, 1.165) is 6.42 Å². The van der Waals surface area contributed by atoms with Crippen molar-refractivity contribution in [2.45, 2.75) is 96.9 Å². The van der Waals surface area contributed by atoms with Crippen molar-refractivity contribution in [2.75, 3.05) is 6.16 Å². The van der Waals surface area contributed by atoms with Crippen molar-refractivity contribution in [3.8, 4) is 0 Å². The molecule has 0 bridgehead atoms. The van der Waals surface area contributed by atoms with Gasteiger partial charge in [0.15, 0.2) is 12.4 Å². The molecule has 0 aliphatic heterocycles. The molecule has 4 nitrogen and oxygen atoms in total. The van der Waals surface area contributed by atoms with Crippen molar-refractivity contribution in [2.24, 2.45) is 0 Å². The summed E-state index contributed by atoms with van der Waals surface area (Å²) < 4.78 is 12.7. The number of rotatable bonds is 16. The maximum absolute atomic E-state index is 10.7. The van der Waals surface area contributed by atoms with Crippen LogP contribution in [-0.2, 0) is 17.5 Å². The van der Waals surface area contributed by atoms with Gasteiger partial charge >= 0.3 is 0 Å². The quantitative estimate of drug-likeness (QED) is 0.254. The van der Waals surface area contributed by atoms with Gasteiger partial charge in [0, 0.05) is 24.7 Å². The van der Waals surface area contributed by atoms with Gasteiger partial charge in [0.1, 0.15) is 14.1 Å². The minimum absolute atomic E-state index is 0.152. The van der Waals surface area contributed by atoms with Crippen LogP contribution in [0.1, 0.15) is 89.5 Å². The molecule has 0 saturated heterocycles. The number of nitrogens with zero attached hydrogens (tertiary/aromatic N) is 1. The molecular formula is C21H38NO3P. The van der Waals surface area contributed by atoms with Crippen molar-refractivity contribution in [1.82, 2.24) is 0 Å². The molecule has 150 valence electrons. The summed E-state index contributed by atoms with van der Waals surface area (Å²) >= 11 is 0. The average molecular weight is 384 g/mol. The molecule has 1 aromatic heterocycles. The molecule has 0 spiro atoms. The third-order valence-corrected chi connectivity index (χ3v) is 5.77. The highest BCUT2D eigenvalue weighted by Gasteiger charge is 2.05. The Hall–Kier alpha value is -0.700. The fourth-order valence-corrected chi connectivity index (χ4v) is 3.79. The molecule has 0 saturated carbocycles. The van der Waals surface area contributed by atoms with Gasteiger partial charge in [-0.25, -0.2) is 4.57 Å². The van der Waals surface area contributed by atoms with E-state index < -0.39 is 7.60 Å². The first kappa shape index (κ1) is 23.3. The lowest BCUT2D eigenvalue weighted by molar-refractivity contribution is -0.697. The Balaban J connectivity index is 2.00. The van der Waals surface area contributed by atoms with Crippen LogP contribution in [0.2, 0.25) is 0 Å². The second-order valence-corrected chi connectivity index (χ2v) is 9.17. The standard InChI is InChI=1S/C21H38NO3P/c1-2-3-4-5-6-7-8-9-10-11-12-14-21-15-18-22(19-16-21)17-13-20-26(23,24)25/h15-16,18-19H,2-14,17,20H2,1H3,(H-,23,24,25). The van der Waals surface area contributed by atoms with Crippen LogP contribution in [0.25, 0.3) is 0 Å². The normalized spacial score (nSPS) is 13.7. The Morgan fingerprint density at radius 1 is 0.885 bits per heavy atom. The summed E-state index contributed by atoms with van der Waals surface area (Å²) in [6.07, 6.45) is 20.4. The summed E-state index contributed by atoms with van der Waals surface area (Å²) in [5, 5.41) is 0. The number of hydrogen-bond acceptors (Lipinski definition) is 2. The zero-order valence-electron chi connectivity index (χ0n) is 16.6. The summed E-state index contributed by atoms with van der Waals surface area (Å²) in [6, 6.07) is 4.23. The van der Waals surface area contributed by atoms with Gasteiger partial charge in [-0.3, -0.25) is 0 Å². The van der Waals surface area contributed by atoms with E-state index >= 15 is 0 Å². The summed E-state index contributed by atoms with van der Waals surface area (Å²) in [5.74, 6) is 0. The minimum Gasteiger partial charge on any atom is -0.779 e. The van der Waals surface area contributed by atoms with E-state index in [9.17, 15) is 9.46 Å². The predicted molar refractivity (Wildman–Crippen MR) is 106 cm³/mol. The van der Waals surface area contributed by atoms with Crippen molar-refractivity contribution in [3.63, 3.8) is 0 Å². The smallest absolute Gasteiger partial charge is 0.169 e. The number of aryl methyl sites for hydroxylation is 2. The van der Waals surface area contributed by atoms with Gasteiger partial charge in [-0.1, -0.05) is 71.1 Å². The van der Waals surface area contributed by atoms with E-state index in [0.29, 0.717) is 13.0 Å². The van der Waals surface area contributed by atoms with Gasteiger partial charge in [-0.15, -0.1) is 0 Å². The molecule has 1 rings (SSSR count). The molecule has 1 atom stereocenters. The van der Waals surface area contributed by atoms with E-state index in [1.807, 2.05) is 17.0 Å². The SMILES string of the molecule is CCCCCCCCCCCCCc1cc[n+](CCCP(=O)([O-])O)cc1. The second kappa shape index (κ2) is 14.4. The highest BCUT2D eigenvalue weighted by atomic mass is 31.2. The number of hydrogen-bond donors (Lipinski definition) is 1. The third-order valence-electron chi connectivity index (χ3n) is 4.89. The van der Waals surface area contributed by atoms with Crippen LogP contribution < -0.4 is 9.46 Å². The molecule has 26 heavy (non-hydrogen) atoms. The molecule has 5 heteroatoms. The van der Waals surface area contributed by atoms with E-state index in [1.54, 1.807) is 0 Å². The van der Waals surface area contributed by atoms with Gasteiger partial charge in [-0.05, 0) is 18.4 Å². The van der Waals surface area contributed by atoms with Crippen molar-refractivity contribution < 1.29 is 18.9 Å². The second-order valence-electron chi connectivity index (χ2n) is 7.44. The maximum atomic E-state index is 10.7. The highest BCUT2D eigenvalue weighted by molar-refractivity contribution is 7.50. The van der Waals surface area contributed by atoms with E-state index in [2.05, 4.69) is 19.1 Å². The molecule has 0 aliphatic rings. The first-order valence-electron chi connectivity index (χ1n) is 10.5. The van der Waals surface area contributed by atoms with Crippen molar-refractivity contribution in [3.05, 3.63) is 30.1 Å². The van der Waals surface area contributed by atoms with Crippen LogP contribution in [0.15, 0.2) is 24.5 Å². The summed E-state index contributed by atoms with van der Waals surface area (Å²) in [7, 11) is -4.11. The van der Waals surface area contributed by atoms with E-state index in [1.165, 1.54) is 76.2 Å². The topological polar surface area (TPSA) is 64.2 Å². The molecule has 1 heterocycles. The first-order valence-corrected chi connectivity index (χ1v) is 12.3. The summed E-state index contributed by atoms with van der Waals surface area (Å²) in [4.78, 5) is 19.5. The van der Waals surface area contributed by atoms with Crippen LogP contribution in [0.5, 0.6) is 0 Å². The van der Waals surface area contributed by atoms with Crippen LogP contribution in [0.4, 0.5) is 0 Å². The Kier molecular flexibility index (Phi) is 12.9. The number of unbranched alkanes of at least 4 members (excludes halogenated alkanes) is 10. The van der Waals surface area contributed by atoms with Crippen molar-refractivity contribution >= 4 is 7.60 Å². The lowest BCUT2D eigenvalue weighted by Gasteiger charge is -2.13. The Morgan fingerprint density at radius 3 is 1.88 bits per heavy atom. The minimum atomic E-state index is -4.11. The van der Waals surface area contributed by atoms with Crippen molar-refractivity contribution in [1.29, 1.82) is 0 Å². The first-order chi connectivity index (χ1) is 12.5. The highest BCUT2D eigenvalue weighted by Crippen LogP contribution is 2.29. The Bertz CT molecular complexity index is 498. The molecule has 1 aromatic rings. The van der Waals surface area contributed by atoms with Gasteiger partial charge in [-0.2, -0.15) is 0 Å². The summed E-state index contributed by atoms with van der Waals surface area (Å²) in [5.41, 5.74) is 1.34. The van der Waals surface area contributed by atoms with Gasteiger partial charge in [0.25, 0.3) is 0 Å². The average Bonchev–Trinajstić information content (AvgIpc) is 2.60. The zero-order valence-corrected chi connectivity index (χ0v) is 17.5. The summed E-state index contributed by atoms with van der Waals surface area (Å²) in [6.45, 7) is 2.88. The lowest BCUT2D eigenvalue weighted by Crippen LogP contribution is -2.33. The Labute approximate surface area is 160 Å². The largest absolute Gasteiger partial charge is 0.779 e. The molecule has 1 N–H and O–H groups in total. The number of pyridine rings is 1. The zero-order chi connectivity index (χ0) is 19.1. The monoisotopic (exact) mass is 383 g/mol. The molecule has 0 aromatic carbocycles. The fraction of sp³-hybridized carbons (Fsp3) is 0.762. The van der Waals surface area contributed by atoms with E-state index in [4.69, 9.17) is 4.89 Å². The molecule has 0 radical (unpaired) electrons. The van der Waals surface area contributed by atoms with Crippen LogP contribution in [0.3, 0.4) is 0 Å². The van der Waals surface area contributed by atoms with Crippen LogP contribution >= 0.6 is 7.60 Å². The molecule has 0 fully saturated rings. The maximum Gasteiger partial charge on any atom is 0.169 e. The van der Waals surface area contributed by atoms with Gasteiger partial charge < -0.3 is 14.4 Å². The fourth-order valence-electron chi connectivity index (χ4n) is 3.25. The van der Waals surface area contributed by atoms with Gasteiger partial charge in [0.2, 0.25) is 0 Å². The van der Waals surface area contributed by atoms with Crippen LogP contribution in [0, 0.1) is 0 Å². The van der Waals surface area contributed by atoms with Gasteiger partial charge in [0.05, 0.1) is 0 Å². The molecule has 0 aliphatic carbocycles. The molecule has 0 amide bonds. The predicted octanol–water partition coefficient (Wildman–Crippen LogP) is 4.76. The Morgan fingerprint density at radius 2 is 1.38 bits per heavy atom. The number of aromatic nitrogens is 1. The molecular weight excluding hydrogens is 345 g/mol.